The summed E-state index contributed by atoms with van der Waals surface area (Å²) in [6, 6.07) is 10.0. The van der Waals surface area contributed by atoms with Crippen LogP contribution in [0.4, 0.5) is 5.82 Å². The van der Waals surface area contributed by atoms with Crippen molar-refractivity contribution in [2.75, 3.05) is 12.4 Å². The highest BCUT2D eigenvalue weighted by Gasteiger charge is 2.02. The van der Waals surface area contributed by atoms with Crippen LogP contribution < -0.4 is 10.1 Å². The Bertz CT molecular complexity index is 543. The molecule has 0 aliphatic rings. The van der Waals surface area contributed by atoms with Crippen LogP contribution in [-0.4, -0.2) is 12.1 Å². The van der Waals surface area contributed by atoms with Crippen molar-refractivity contribution in [3.63, 3.8) is 0 Å². The number of hydrogen-bond acceptors (Lipinski definition) is 3. The van der Waals surface area contributed by atoms with Crippen LogP contribution in [-0.2, 0) is 6.54 Å². The Balaban J connectivity index is 2.06. The standard InChI is InChI=1S/C14H15BrN2O/c1-10-6-13(15)14(16-8-10)17-9-11-4-3-5-12(7-11)18-2/h3-8H,9H2,1-2H3,(H,16,17). The van der Waals surface area contributed by atoms with E-state index in [0.717, 1.165) is 27.2 Å². The number of methoxy groups -OCH3 is 1. The second-order valence-electron chi connectivity index (χ2n) is 4.05. The van der Waals surface area contributed by atoms with E-state index in [9.17, 15) is 0 Å². The van der Waals surface area contributed by atoms with Gasteiger partial charge in [-0.3, -0.25) is 0 Å². The van der Waals surface area contributed by atoms with E-state index in [2.05, 4.69) is 32.3 Å². The van der Waals surface area contributed by atoms with Gasteiger partial charge in [0.05, 0.1) is 11.6 Å². The van der Waals surface area contributed by atoms with Gasteiger partial charge in [0.25, 0.3) is 0 Å². The number of benzene rings is 1. The third-order valence-corrected chi connectivity index (χ3v) is 3.18. The molecule has 4 heteroatoms. The quantitative estimate of drug-likeness (QED) is 0.933. The highest BCUT2D eigenvalue weighted by Crippen LogP contribution is 2.21. The fourth-order valence-electron chi connectivity index (χ4n) is 1.63. The fraction of sp³-hybridized carbons (Fsp3) is 0.214. The smallest absolute Gasteiger partial charge is 0.140 e. The van der Waals surface area contributed by atoms with Crippen LogP contribution in [0, 0.1) is 6.92 Å². The van der Waals surface area contributed by atoms with Gasteiger partial charge < -0.3 is 10.1 Å². The number of ether oxygens (including phenoxy) is 1. The Labute approximate surface area is 115 Å². The molecule has 94 valence electrons. The predicted molar refractivity (Wildman–Crippen MR) is 77.0 cm³/mol. The molecule has 0 aliphatic carbocycles. The lowest BCUT2D eigenvalue weighted by atomic mass is 10.2. The number of hydrogen-bond donors (Lipinski definition) is 1. The molecule has 1 heterocycles. The van der Waals surface area contributed by atoms with Crippen molar-refractivity contribution in [1.29, 1.82) is 0 Å². The molecule has 2 rings (SSSR count). The molecule has 0 aliphatic heterocycles. The topological polar surface area (TPSA) is 34.1 Å². The first-order valence-corrected chi connectivity index (χ1v) is 6.47. The molecule has 0 saturated heterocycles. The van der Waals surface area contributed by atoms with Crippen LogP contribution in [0.1, 0.15) is 11.1 Å². The van der Waals surface area contributed by atoms with Gasteiger partial charge in [-0.05, 0) is 52.2 Å². The minimum absolute atomic E-state index is 0.714. The molecular weight excluding hydrogens is 292 g/mol. The Morgan fingerprint density at radius 2 is 2.17 bits per heavy atom. The third-order valence-electron chi connectivity index (χ3n) is 2.57. The first-order valence-electron chi connectivity index (χ1n) is 5.68. The lowest BCUT2D eigenvalue weighted by Crippen LogP contribution is -2.02. The molecule has 0 fully saturated rings. The van der Waals surface area contributed by atoms with Crippen molar-refractivity contribution in [2.24, 2.45) is 0 Å². The number of nitrogens with zero attached hydrogens (tertiary/aromatic N) is 1. The summed E-state index contributed by atoms with van der Waals surface area (Å²) in [5.41, 5.74) is 2.29. The van der Waals surface area contributed by atoms with Crippen molar-refractivity contribution in [3.05, 3.63) is 52.1 Å². The zero-order valence-corrected chi connectivity index (χ0v) is 12.0. The van der Waals surface area contributed by atoms with E-state index in [1.807, 2.05) is 37.4 Å². The minimum Gasteiger partial charge on any atom is -0.497 e. The fourth-order valence-corrected chi connectivity index (χ4v) is 2.24. The molecule has 0 spiro atoms. The van der Waals surface area contributed by atoms with Crippen molar-refractivity contribution in [1.82, 2.24) is 4.98 Å². The Morgan fingerprint density at radius 1 is 1.33 bits per heavy atom. The maximum absolute atomic E-state index is 5.19. The normalized spacial score (nSPS) is 10.2. The average Bonchev–Trinajstić information content (AvgIpc) is 2.38. The summed E-state index contributed by atoms with van der Waals surface area (Å²) in [7, 11) is 1.67. The van der Waals surface area contributed by atoms with Gasteiger partial charge in [-0.1, -0.05) is 12.1 Å². The highest BCUT2D eigenvalue weighted by atomic mass is 79.9. The second-order valence-corrected chi connectivity index (χ2v) is 4.90. The first-order chi connectivity index (χ1) is 8.69. The minimum atomic E-state index is 0.714. The second kappa shape index (κ2) is 5.87. The number of aromatic nitrogens is 1. The Hall–Kier alpha value is -1.55. The van der Waals surface area contributed by atoms with E-state index in [0.29, 0.717) is 6.54 Å². The predicted octanol–water partition coefficient (Wildman–Crippen LogP) is 3.77. The lowest BCUT2D eigenvalue weighted by molar-refractivity contribution is 0.414. The monoisotopic (exact) mass is 306 g/mol. The molecule has 1 aromatic carbocycles. The Morgan fingerprint density at radius 3 is 2.89 bits per heavy atom. The summed E-state index contributed by atoms with van der Waals surface area (Å²) in [4.78, 5) is 4.35. The van der Waals surface area contributed by atoms with Crippen molar-refractivity contribution in [2.45, 2.75) is 13.5 Å². The molecule has 0 radical (unpaired) electrons. The van der Waals surface area contributed by atoms with Gasteiger partial charge in [-0.2, -0.15) is 0 Å². The SMILES string of the molecule is COc1cccc(CNc2ncc(C)cc2Br)c1. The van der Waals surface area contributed by atoms with Crippen molar-refractivity contribution in [3.8, 4) is 5.75 Å². The van der Waals surface area contributed by atoms with E-state index in [1.54, 1.807) is 7.11 Å². The number of halogens is 1. The van der Waals surface area contributed by atoms with E-state index in [4.69, 9.17) is 4.74 Å². The Kier molecular flexibility index (Phi) is 4.20. The number of pyridine rings is 1. The summed E-state index contributed by atoms with van der Waals surface area (Å²) in [6.07, 6.45) is 1.85. The van der Waals surface area contributed by atoms with Crippen LogP contribution in [0.15, 0.2) is 41.0 Å². The van der Waals surface area contributed by atoms with Crippen molar-refractivity contribution >= 4 is 21.7 Å². The first kappa shape index (κ1) is 12.9. The molecular formula is C14H15BrN2O. The highest BCUT2D eigenvalue weighted by molar-refractivity contribution is 9.10. The summed E-state index contributed by atoms with van der Waals surface area (Å²) >= 11 is 3.50. The largest absolute Gasteiger partial charge is 0.497 e. The van der Waals surface area contributed by atoms with Gasteiger partial charge in [0.2, 0.25) is 0 Å². The van der Waals surface area contributed by atoms with Crippen molar-refractivity contribution < 1.29 is 4.74 Å². The molecule has 0 atom stereocenters. The van der Waals surface area contributed by atoms with E-state index in [1.165, 1.54) is 0 Å². The molecule has 3 nitrogen and oxygen atoms in total. The van der Waals surface area contributed by atoms with Gasteiger partial charge in [0.15, 0.2) is 0 Å². The lowest BCUT2D eigenvalue weighted by Gasteiger charge is -2.09. The summed E-state index contributed by atoms with van der Waals surface area (Å²) < 4.78 is 6.17. The zero-order chi connectivity index (χ0) is 13.0. The molecule has 1 aromatic heterocycles. The molecule has 18 heavy (non-hydrogen) atoms. The summed E-state index contributed by atoms with van der Waals surface area (Å²) in [5.74, 6) is 1.72. The molecule has 0 saturated carbocycles. The average molecular weight is 307 g/mol. The number of anilines is 1. The molecule has 2 aromatic rings. The number of nitrogens with one attached hydrogen (secondary N) is 1. The summed E-state index contributed by atoms with van der Waals surface area (Å²) in [6.45, 7) is 2.73. The maximum atomic E-state index is 5.19. The maximum Gasteiger partial charge on any atom is 0.140 e. The molecule has 1 N–H and O–H groups in total. The van der Waals surface area contributed by atoms with Gasteiger partial charge >= 0.3 is 0 Å². The van der Waals surface area contributed by atoms with Crippen LogP contribution in [0.3, 0.4) is 0 Å². The van der Waals surface area contributed by atoms with Gasteiger partial charge in [0.1, 0.15) is 11.6 Å². The third kappa shape index (κ3) is 3.23. The van der Waals surface area contributed by atoms with Crippen LogP contribution in [0.5, 0.6) is 5.75 Å². The number of aryl methyl sites for hydroxylation is 1. The molecule has 0 bridgehead atoms. The van der Waals surface area contributed by atoms with E-state index < -0.39 is 0 Å². The number of rotatable bonds is 4. The van der Waals surface area contributed by atoms with Gasteiger partial charge in [-0.15, -0.1) is 0 Å². The summed E-state index contributed by atoms with van der Waals surface area (Å²) in [5, 5.41) is 3.29. The zero-order valence-electron chi connectivity index (χ0n) is 10.4. The van der Waals surface area contributed by atoms with E-state index in [-0.39, 0.29) is 0 Å². The molecule has 0 amide bonds. The van der Waals surface area contributed by atoms with Gasteiger partial charge in [0, 0.05) is 12.7 Å². The van der Waals surface area contributed by atoms with Gasteiger partial charge in [-0.25, -0.2) is 4.98 Å². The molecule has 0 unspecified atom stereocenters. The van der Waals surface area contributed by atoms with Crippen LogP contribution in [0.2, 0.25) is 0 Å². The van der Waals surface area contributed by atoms with E-state index >= 15 is 0 Å². The van der Waals surface area contributed by atoms with Crippen LogP contribution >= 0.6 is 15.9 Å². The van der Waals surface area contributed by atoms with Crippen LogP contribution in [0.25, 0.3) is 0 Å².